The van der Waals surface area contributed by atoms with E-state index in [2.05, 4.69) is 52.5 Å². The Morgan fingerprint density at radius 2 is 2.00 bits per heavy atom. The SMILES string of the molecule is COc1ccccc1[C@H](CNCc1c(C)n[nH]c1C)N1CCCC1. The van der Waals surface area contributed by atoms with E-state index in [1.54, 1.807) is 7.11 Å². The lowest BCUT2D eigenvalue weighted by Crippen LogP contribution is -2.34. The van der Waals surface area contributed by atoms with E-state index in [-0.39, 0.29) is 0 Å². The van der Waals surface area contributed by atoms with Gasteiger partial charge in [-0.15, -0.1) is 0 Å². The Kier molecular flexibility index (Phi) is 5.53. The number of ether oxygens (including phenoxy) is 1. The van der Waals surface area contributed by atoms with Gasteiger partial charge in [-0.1, -0.05) is 18.2 Å². The third-order valence-electron chi connectivity index (χ3n) is 5.00. The van der Waals surface area contributed by atoms with Crippen LogP contribution in [0.1, 0.15) is 41.4 Å². The molecule has 24 heavy (non-hydrogen) atoms. The Morgan fingerprint density at radius 1 is 1.25 bits per heavy atom. The molecular weight excluding hydrogens is 300 g/mol. The molecular formula is C19H28N4O. The van der Waals surface area contributed by atoms with Gasteiger partial charge in [0.2, 0.25) is 0 Å². The molecule has 0 bridgehead atoms. The first-order valence-corrected chi connectivity index (χ1v) is 8.79. The summed E-state index contributed by atoms with van der Waals surface area (Å²) in [6, 6.07) is 8.73. The van der Waals surface area contributed by atoms with Crippen molar-refractivity contribution in [3.05, 3.63) is 46.8 Å². The molecule has 130 valence electrons. The highest BCUT2D eigenvalue weighted by molar-refractivity contribution is 5.36. The van der Waals surface area contributed by atoms with E-state index in [0.29, 0.717) is 6.04 Å². The Balaban J connectivity index is 1.73. The largest absolute Gasteiger partial charge is 0.496 e. The standard InChI is InChI=1S/C19H28N4O/c1-14-17(15(2)22-21-14)12-20-13-18(23-10-6-7-11-23)16-8-4-5-9-19(16)24-3/h4-5,8-9,18,20H,6-7,10-13H2,1-3H3,(H,21,22)/t18-/m0/s1. The second-order valence-electron chi connectivity index (χ2n) is 6.54. The van der Waals surface area contributed by atoms with Crippen LogP contribution < -0.4 is 10.1 Å². The van der Waals surface area contributed by atoms with E-state index in [1.165, 1.54) is 24.0 Å². The highest BCUT2D eigenvalue weighted by Crippen LogP contribution is 2.31. The van der Waals surface area contributed by atoms with Gasteiger partial charge >= 0.3 is 0 Å². The first-order valence-electron chi connectivity index (χ1n) is 8.79. The summed E-state index contributed by atoms with van der Waals surface area (Å²) in [5, 5.41) is 11.0. The molecule has 0 saturated carbocycles. The molecule has 2 N–H and O–H groups in total. The van der Waals surface area contributed by atoms with Crippen LogP contribution >= 0.6 is 0 Å². The van der Waals surface area contributed by atoms with E-state index in [0.717, 1.165) is 43.3 Å². The molecule has 3 rings (SSSR count). The summed E-state index contributed by atoms with van der Waals surface area (Å²) in [6.45, 7) is 8.20. The minimum Gasteiger partial charge on any atom is -0.496 e. The molecule has 2 aromatic rings. The zero-order valence-corrected chi connectivity index (χ0v) is 14.9. The van der Waals surface area contributed by atoms with Crippen LogP contribution in [0.2, 0.25) is 0 Å². The first-order chi connectivity index (χ1) is 11.7. The van der Waals surface area contributed by atoms with E-state index in [1.807, 2.05) is 6.07 Å². The van der Waals surface area contributed by atoms with Crippen molar-refractivity contribution in [3.8, 4) is 5.75 Å². The van der Waals surface area contributed by atoms with Crippen molar-refractivity contribution in [2.75, 3.05) is 26.7 Å². The van der Waals surface area contributed by atoms with Gasteiger partial charge in [0.25, 0.3) is 0 Å². The minimum atomic E-state index is 0.344. The second-order valence-corrected chi connectivity index (χ2v) is 6.54. The summed E-state index contributed by atoms with van der Waals surface area (Å²) in [5.74, 6) is 0.979. The molecule has 5 heteroatoms. The number of aromatic amines is 1. The van der Waals surface area contributed by atoms with Crippen LogP contribution in [-0.4, -0.2) is 41.8 Å². The van der Waals surface area contributed by atoms with Gasteiger partial charge < -0.3 is 10.1 Å². The number of aryl methyl sites for hydroxylation is 2. The summed E-state index contributed by atoms with van der Waals surface area (Å²) in [4.78, 5) is 2.57. The number of methoxy groups -OCH3 is 1. The van der Waals surface area contributed by atoms with Crippen molar-refractivity contribution in [1.29, 1.82) is 0 Å². The van der Waals surface area contributed by atoms with Crippen molar-refractivity contribution in [2.24, 2.45) is 0 Å². The van der Waals surface area contributed by atoms with E-state index >= 15 is 0 Å². The lowest BCUT2D eigenvalue weighted by Gasteiger charge is -2.29. The number of nitrogens with one attached hydrogen (secondary N) is 2. The molecule has 0 radical (unpaired) electrons. The molecule has 5 nitrogen and oxygen atoms in total. The Bertz CT molecular complexity index is 642. The van der Waals surface area contributed by atoms with Gasteiger partial charge in [0.05, 0.1) is 18.8 Å². The molecule has 1 atom stereocenters. The van der Waals surface area contributed by atoms with Crippen molar-refractivity contribution < 1.29 is 4.74 Å². The maximum absolute atomic E-state index is 5.61. The Morgan fingerprint density at radius 3 is 2.67 bits per heavy atom. The van der Waals surface area contributed by atoms with Crippen LogP contribution in [0.3, 0.4) is 0 Å². The minimum absolute atomic E-state index is 0.344. The fraction of sp³-hybridized carbons (Fsp3) is 0.526. The van der Waals surface area contributed by atoms with Gasteiger partial charge in [0.15, 0.2) is 0 Å². The number of H-pyrrole nitrogens is 1. The van der Waals surface area contributed by atoms with E-state index in [4.69, 9.17) is 4.74 Å². The van der Waals surface area contributed by atoms with Crippen LogP contribution in [-0.2, 0) is 6.54 Å². The molecule has 0 spiro atoms. The van der Waals surface area contributed by atoms with Crippen LogP contribution in [0.15, 0.2) is 24.3 Å². The van der Waals surface area contributed by atoms with Gasteiger partial charge in [0.1, 0.15) is 5.75 Å². The van der Waals surface area contributed by atoms with Crippen LogP contribution in [0.25, 0.3) is 0 Å². The highest BCUT2D eigenvalue weighted by atomic mass is 16.5. The summed E-state index contributed by atoms with van der Waals surface area (Å²) in [6.07, 6.45) is 2.57. The van der Waals surface area contributed by atoms with Crippen molar-refractivity contribution in [1.82, 2.24) is 20.4 Å². The summed E-state index contributed by atoms with van der Waals surface area (Å²) >= 11 is 0. The fourth-order valence-electron chi connectivity index (χ4n) is 3.60. The molecule has 2 heterocycles. The van der Waals surface area contributed by atoms with Gasteiger partial charge in [-0.2, -0.15) is 5.10 Å². The van der Waals surface area contributed by atoms with Crippen molar-refractivity contribution in [2.45, 2.75) is 39.3 Å². The van der Waals surface area contributed by atoms with Gasteiger partial charge in [-0.25, -0.2) is 0 Å². The average Bonchev–Trinajstić information content (AvgIpc) is 3.23. The van der Waals surface area contributed by atoms with Crippen LogP contribution in [0, 0.1) is 13.8 Å². The van der Waals surface area contributed by atoms with Gasteiger partial charge in [0, 0.05) is 29.9 Å². The number of benzene rings is 1. The zero-order chi connectivity index (χ0) is 16.9. The molecule has 1 fully saturated rings. The predicted molar refractivity (Wildman–Crippen MR) is 96.3 cm³/mol. The summed E-state index contributed by atoms with van der Waals surface area (Å²) < 4.78 is 5.61. The smallest absolute Gasteiger partial charge is 0.123 e. The summed E-state index contributed by atoms with van der Waals surface area (Å²) in [7, 11) is 1.76. The topological polar surface area (TPSA) is 53.2 Å². The third kappa shape index (κ3) is 3.62. The first kappa shape index (κ1) is 17.0. The molecule has 1 saturated heterocycles. The van der Waals surface area contributed by atoms with E-state index < -0.39 is 0 Å². The maximum Gasteiger partial charge on any atom is 0.123 e. The fourth-order valence-corrected chi connectivity index (χ4v) is 3.60. The summed E-state index contributed by atoms with van der Waals surface area (Å²) in [5.41, 5.74) is 4.77. The highest BCUT2D eigenvalue weighted by Gasteiger charge is 2.25. The lowest BCUT2D eigenvalue weighted by atomic mass is 10.0. The number of rotatable bonds is 7. The quantitative estimate of drug-likeness (QED) is 0.820. The molecule has 1 aromatic carbocycles. The maximum atomic E-state index is 5.61. The Hall–Kier alpha value is -1.85. The van der Waals surface area contributed by atoms with Gasteiger partial charge in [-0.3, -0.25) is 10.00 Å². The average molecular weight is 328 g/mol. The lowest BCUT2D eigenvalue weighted by molar-refractivity contribution is 0.232. The van der Waals surface area contributed by atoms with E-state index in [9.17, 15) is 0 Å². The zero-order valence-electron chi connectivity index (χ0n) is 14.9. The number of hydrogen-bond donors (Lipinski definition) is 2. The monoisotopic (exact) mass is 328 g/mol. The molecule has 0 aliphatic carbocycles. The number of para-hydroxylation sites is 1. The number of aromatic nitrogens is 2. The number of hydrogen-bond acceptors (Lipinski definition) is 4. The molecule has 1 aliphatic heterocycles. The molecule has 0 amide bonds. The Labute approximate surface area is 144 Å². The van der Waals surface area contributed by atoms with Crippen LogP contribution in [0.5, 0.6) is 5.75 Å². The molecule has 1 aliphatic rings. The predicted octanol–water partition coefficient (Wildman–Crippen LogP) is 2.96. The third-order valence-corrected chi connectivity index (χ3v) is 5.00. The second kappa shape index (κ2) is 7.81. The number of nitrogens with zero attached hydrogens (tertiary/aromatic N) is 2. The van der Waals surface area contributed by atoms with Crippen LogP contribution in [0.4, 0.5) is 0 Å². The molecule has 0 unspecified atom stereocenters. The molecule has 1 aromatic heterocycles. The van der Waals surface area contributed by atoms with Crippen molar-refractivity contribution in [3.63, 3.8) is 0 Å². The van der Waals surface area contributed by atoms with Gasteiger partial charge in [-0.05, 0) is 45.8 Å². The number of likely N-dealkylation sites (tertiary alicyclic amines) is 1. The normalized spacial score (nSPS) is 16.5. The van der Waals surface area contributed by atoms with Crippen molar-refractivity contribution >= 4 is 0 Å².